The Hall–Kier alpha value is -5.05. The van der Waals surface area contributed by atoms with E-state index in [-0.39, 0.29) is 57.4 Å². The Morgan fingerprint density at radius 2 is 1.64 bits per heavy atom. The molecule has 9 heteroatoms. The lowest BCUT2D eigenvalue weighted by atomic mass is 9.82. The highest BCUT2D eigenvalue weighted by molar-refractivity contribution is 6.30. The van der Waals surface area contributed by atoms with Crippen molar-refractivity contribution >= 4 is 45.8 Å². The van der Waals surface area contributed by atoms with Gasteiger partial charge in [-0.25, -0.2) is 9.59 Å². The van der Waals surface area contributed by atoms with E-state index in [0.29, 0.717) is 16.6 Å². The quantitative estimate of drug-likeness (QED) is 0.225. The molecule has 0 unspecified atom stereocenters. The Bertz CT molecular complexity index is 1680. The van der Waals surface area contributed by atoms with E-state index in [4.69, 9.17) is 14.9 Å². The van der Waals surface area contributed by atoms with Crippen LogP contribution in [0, 0.1) is 0 Å². The average Bonchev–Trinajstić information content (AvgIpc) is 2.84. The van der Waals surface area contributed by atoms with Crippen molar-refractivity contribution in [3.05, 3.63) is 104 Å². The minimum Gasteiger partial charge on any atom is -0.457 e. The number of rotatable bonds is 4. The van der Waals surface area contributed by atoms with Gasteiger partial charge in [0, 0.05) is 52.4 Å². The van der Waals surface area contributed by atoms with Crippen LogP contribution in [0.1, 0.15) is 54.7 Å². The van der Waals surface area contributed by atoms with Crippen LogP contribution in [0.4, 0.5) is 11.4 Å². The predicted octanol–water partition coefficient (Wildman–Crippen LogP) is 3.47. The highest BCUT2D eigenvalue weighted by Gasteiger charge is 2.33. The molecular weight excluding hydrogens is 464 g/mol. The molecule has 3 aromatic carbocycles. The van der Waals surface area contributed by atoms with E-state index in [9.17, 15) is 24.0 Å². The Balaban J connectivity index is 1.44. The molecule has 0 bridgehead atoms. The predicted molar refractivity (Wildman–Crippen MR) is 130 cm³/mol. The number of nitrogens with one attached hydrogen (secondary N) is 1. The molecule has 0 saturated carbocycles. The van der Waals surface area contributed by atoms with Crippen LogP contribution in [-0.2, 0) is 16.1 Å². The first-order valence-electron chi connectivity index (χ1n) is 10.9. The summed E-state index contributed by atoms with van der Waals surface area (Å²) in [6.07, 6.45) is 0. The molecule has 0 saturated heterocycles. The van der Waals surface area contributed by atoms with Crippen LogP contribution in [0.3, 0.4) is 0 Å². The Morgan fingerprint density at radius 1 is 0.917 bits per heavy atom. The first-order valence-corrected chi connectivity index (χ1v) is 10.9. The van der Waals surface area contributed by atoms with Crippen LogP contribution in [0.25, 0.3) is 11.0 Å². The minimum absolute atomic E-state index is 0.0375. The standard InChI is InChI=1S/C27H18N2O7/c1-13(30)29-15-6-7-16-14(10-22(31)36-21(16)11-15)12-35-27(34)20-9-8-19-23(24(20)28)26(33)18-5-3-2-4-17(18)25(19)32/h2-11H,12,28H2,1H3,(H,29,30). The number of carbonyl (C=O) groups is 4. The fourth-order valence-electron chi connectivity index (χ4n) is 4.24. The van der Waals surface area contributed by atoms with Crippen LogP contribution in [0.2, 0.25) is 0 Å². The number of esters is 1. The maximum absolute atomic E-state index is 13.1. The van der Waals surface area contributed by atoms with E-state index in [1.54, 1.807) is 30.3 Å². The molecule has 1 aromatic heterocycles. The summed E-state index contributed by atoms with van der Waals surface area (Å²) >= 11 is 0. The van der Waals surface area contributed by atoms with Crippen molar-refractivity contribution in [3.8, 4) is 0 Å². The number of carbonyl (C=O) groups excluding carboxylic acids is 4. The number of ketones is 2. The molecule has 9 nitrogen and oxygen atoms in total. The normalized spacial score (nSPS) is 12.1. The minimum atomic E-state index is -0.828. The van der Waals surface area contributed by atoms with Crippen molar-refractivity contribution < 1.29 is 28.3 Å². The Labute approximate surface area is 203 Å². The first kappa shape index (κ1) is 22.7. The van der Waals surface area contributed by atoms with Crippen LogP contribution >= 0.6 is 0 Å². The third-order valence-corrected chi connectivity index (χ3v) is 5.86. The van der Waals surface area contributed by atoms with Gasteiger partial charge in [-0.3, -0.25) is 14.4 Å². The molecular formula is C27H18N2O7. The van der Waals surface area contributed by atoms with Gasteiger partial charge in [-0.2, -0.15) is 0 Å². The van der Waals surface area contributed by atoms with Gasteiger partial charge < -0.3 is 20.2 Å². The maximum Gasteiger partial charge on any atom is 0.340 e. The maximum atomic E-state index is 13.1. The van der Waals surface area contributed by atoms with Crippen molar-refractivity contribution in [2.24, 2.45) is 0 Å². The van der Waals surface area contributed by atoms with E-state index < -0.39 is 17.4 Å². The SMILES string of the molecule is CC(=O)Nc1ccc2c(COC(=O)c3ccc4c(c3N)C(=O)c3ccccc3C4=O)cc(=O)oc2c1. The van der Waals surface area contributed by atoms with Gasteiger partial charge in [0.15, 0.2) is 11.6 Å². The van der Waals surface area contributed by atoms with Crippen molar-refractivity contribution in [1.29, 1.82) is 0 Å². The van der Waals surface area contributed by atoms with Gasteiger partial charge in [-0.1, -0.05) is 24.3 Å². The van der Waals surface area contributed by atoms with Crippen molar-refractivity contribution in [3.63, 3.8) is 0 Å². The number of anilines is 2. The second-order valence-electron chi connectivity index (χ2n) is 8.21. The van der Waals surface area contributed by atoms with E-state index in [1.807, 2.05) is 0 Å². The van der Waals surface area contributed by atoms with E-state index in [0.717, 1.165) is 0 Å². The highest BCUT2D eigenvalue weighted by atomic mass is 16.5. The van der Waals surface area contributed by atoms with Gasteiger partial charge in [0.1, 0.15) is 12.2 Å². The summed E-state index contributed by atoms with van der Waals surface area (Å²) in [6, 6.07) is 15.1. The summed E-state index contributed by atoms with van der Waals surface area (Å²) in [5.41, 5.74) is 6.89. The number of hydrogen-bond donors (Lipinski definition) is 2. The van der Waals surface area contributed by atoms with Crippen LogP contribution in [-0.4, -0.2) is 23.4 Å². The van der Waals surface area contributed by atoms with Crippen LogP contribution < -0.4 is 16.7 Å². The summed E-state index contributed by atoms with van der Waals surface area (Å²) in [4.78, 5) is 62.2. The van der Waals surface area contributed by atoms with Crippen molar-refractivity contribution in [1.82, 2.24) is 0 Å². The lowest BCUT2D eigenvalue weighted by Gasteiger charge is -2.20. The summed E-state index contributed by atoms with van der Waals surface area (Å²) in [5, 5.41) is 3.11. The molecule has 1 heterocycles. The molecule has 36 heavy (non-hydrogen) atoms. The molecule has 1 aliphatic rings. The summed E-state index contributed by atoms with van der Waals surface area (Å²) in [6.45, 7) is 1.07. The number of nitrogen functional groups attached to an aromatic ring is 1. The molecule has 4 aromatic rings. The molecule has 0 radical (unpaired) electrons. The second-order valence-corrected chi connectivity index (χ2v) is 8.21. The highest BCUT2D eigenvalue weighted by Crippen LogP contribution is 2.33. The number of nitrogens with two attached hydrogens (primary N) is 1. The Kier molecular flexibility index (Phi) is 5.44. The zero-order valence-corrected chi connectivity index (χ0v) is 18.9. The zero-order chi connectivity index (χ0) is 25.6. The molecule has 3 N–H and O–H groups in total. The largest absolute Gasteiger partial charge is 0.457 e. The fourth-order valence-corrected chi connectivity index (χ4v) is 4.24. The average molecular weight is 482 g/mol. The monoisotopic (exact) mass is 482 g/mol. The van der Waals surface area contributed by atoms with Crippen molar-refractivity contribution in [2.75, 3.05) is 11.1 Å². The molecule has 1 amide bonds. The number of ether oxygens (including phenoxy) is 1. The van der Waals surface area contributed by atoms with Crippen LogP contribution in [0.5, 0.6) is 0 Å². The van der Waals surface area contributed by atoms with Gasteiger partial charge in [0.2, 0.25) is 5.91 Å². The third kappa shape index (κ3) is 3.82. The van der Waals surface area contributed by atoms with Gasteiger partial charge in [0.05, 0.1) is 16.8 Å². The van der Waals surface area contributed by atoms with E-state index >= 15 is 0 Å². The molecule has 5 rings (SSSR count). The van der Waals surface area contributed by atoms with Gasteiger partial charge in [-0.05, 0) is 24.3 Å². The summed E-state index contributed by atoms with van der Waals surface area (Å²) in [5.74, 6) is -1.92. The smallest absolute Gasteiger partial charge is 0.340 e. The second kappa shape index (κ2) is 8.62. The molecule has 0 spiro atoms. The Morgan fingerprint density at radius 3 is 2.36 bits per heavy atom. The molecule has 0 aliphatic heterocycles. The van der Waals surface area contributed by atoms with Gasteiger partial charge >= 0.3 is 11.6 Å². The molecule has 0 fully saturated rings. The number of fused-ring (bicyclic) bond motifs is 3. The first-order chi connectivity index (χ1) is 17.2. The van der Waals surface area contributed by atoms with Crippen molar-refractivity contribution in [2.45, 2.75) is 13.5 Å². The summed E-state index contributed by atoms with van der Waals surface area (Å²) < 4.78 is 10.6. The molecule has 178 valence electrons. The van der Waals surface area contributed by atoms with E-state index in [1.165, 1.54) is 37.3 Å². The number of hydrogen-bond acceptors (Lipinski definition) is 8. The van der Waals surface area contributed by atoms with E-state index in [2.05, 4.69) is 5.32 Å². The summed E-state index contributed by atoms with van der Waals surface area (Å²) in [7, 11) is 0. The molecule has 1 aliphatic carbocycles. The third-order valence-electron chi connectivity index (χ3n) is 5.86. The number of amides is 1. The lowest BCUT2D eigenvalue weighted by Crippen LogP contribution is -2.24. The zero-order valence-electron chi connectivity index (χ0n) is 18.9. The van der Waals surface area contributed by atoms with Gasteiger partial charge in [-0.15, -0.1) is 0 Å². The molecule has 0 atom stereocenters. The van der Waals surface area contributed by atoms with Crippen LogP contribution in [0.15, 0.2) is 69.9 Å². The topological polar surface area (TPSA) is 146 Å². The fraction of sp³-hybridized carbons (Fsp3) is 0.0741. The van der Waals surface area contributed by atoms with Gasteiger partial charge in [0.25, 0.3) is 0 Å². The number of benzene rings is 3. The lowest BCUT2D eigenvalue weighted by molar-refractivity contribution is -0.114.